The number of aliphatic imine (C=N–C) groups is 1. The maximum absolute atomic E-state index is 10.8. The number of aliphatic hydroxyl groups is 1. The topological polar surface area (TPSA) is 87.9 Å². The van der Waals surface area contributed by atoms with Crippen LogP contribution >= 0.6 is 0 Å². The van der Waals surface area contributed by atoms with Crippen molar-refractivity contribution in [1.29, 1.82) is 0 Å². The van der Waals surface area contributed by atoms with Gasteiger partial charge in [0, 0.05) is 37.0 Å². The highest BCUT2D eigenvalue weighted by molar-refractivity contribution is 5.99. The van der Waals surface area contributed by atoms with Crippen LogP contribution in [-0.4, -0.2) is 46.9 Å². The molecule has 2 aromatic carbocycles. The first-order valence-corrected chi connectivity index (χ1v) is 13.8. The first kappa shape index (κ1) is 30.1. The Hall–Kier alpha value is -3.48. The Kier molecular flexibility index (Phi) is 10.4. The van der Waals surface area contributed by atoms with Crippen molar-refractivity contribution in [2.24, 2.45) is 16.1 Å². The molecule has 2 aromatic heterocycles. The molecule has 0 fully saturated rings. The van der Waals surface area contributed by atoms with Crippen molar-refractivity contribution in [2.75, 3.05) is 20.6 Å². The van der Waals surface area contributed by atoms with Crippen LogP contribution in [0.3, 0.4) is 0 Å². The van der Waals surface area contributed by atoms with Gasteiger partial charge in [0.25, 0.3) is 0 Å². The molecule has 6 nitrogen and oxygen atoms in total. The lowest BCUT2D eigenvalue weighted by molar-refractivity contribution is 0.0928. The number of aliphatic hydroxyl groups excluding tert-OH is 1. The zero-order valence-electron chi connectivity index (χ0n) is 24.6. The molecule has 2 heterocycles. The number of pyridine rings is 1. The summed E-state index contributed by atoms with van der Waals surface area (Å²) < 4.78 is 2.06. The van der Waals surface area contributed by atoms with Crippen molar-refractivity contribution in [1.82, 2.24) is 14.7 Å². The fourth-order valence-electron chi connectivity index (χ4n) is 4.70. The fraction of sp³-hybridized carbons (Fsp3) is 0.394. The van der Waals surface area contributed by atoms with Crippen molar-refractivity contribution in [3.05, 3.63) is 84.0 Å². The van der Waals surface area contributed by atoms with Gasteiger partial charge >= 0.3 is 0 Å². The summed E-state index contributed by atoms with van der Waals surface area (Å²) in [6.07, 6.45) is 7.77. The van der Waals surface area contributed by atoms with Crippen LogP contribution in [-0.2, 0) is 6.42 Å². The second-order valence-electron chi connectivity index (χ2n) is 11.0. The highest BCUT2D eigenvalue weighted by Gasteiger charge is 2.27. The van der Waals surface area contributed by atoms with Gasteiger partial charge in [0.1, 0.15) is 5.65 Å². The summed E-state index contributed by atoms with van der Waals surface area (Å²) in [4.78, 5) is 8.78. The summed E-state index contributed by atoms with van der Waals surface area (Å²) in [6, 6.07) is 17.2. The number of hydrogen-bond acceptors (Lipinski definition) is 5. The highest BCUT2D eigenvalue weighted by Crippen LogP contribution is 2.33. The van der Waals surface area contributed by atoms with Crippen LogP contribution in [0.5, 0.6) is 0 Å². The molecule has 6 heteroatoms. The Labute approximate surface area is 233 Å². The molecular formula is C33H45N5O. The van der Waals surface area contributed by atoms with Gasteiger partial charge in [0.15, 0.2) is 0 Å². The molecule has 0 saturated heterocycles. The van der Waals surface area contributed by atoms with E-state index in [0.717, 1.165) is 42.7 Å². The lowest BCUT2D eigenvalue weighted by Crippen LogP contribution is -2.33. The van der Waals surface area contributed by atoms with Crippen molar-refractivity contribution < 1.29 is 5.11 Å². The Morgan fingerprint density at radius 2 is 1.85 bits per heavy atom. The van der Waals surface area contributed by atoms with E-state index in [1.54, 1.807) is 7.05 Å². The van der Waals surface area contributed by atoms with E-state index in [9.17, 15) is 5.11 Å². The van der Waals surface area contributed by atoms with E-state index in [4.69, 9.17) is 5.73 Å². The molecule has 0 radical (unpaired) electrons. The number of nitrogens with two attached hydrogens (primary N) is 1. The van der Waals surface area contributed by atoms with Crippen molar-refractivity contribution >= 4 is 22.1 Å². The molecule has 4 N–H and O–H groups in total. The summed E-state index contributed by atoms with van der Waals surface area (Å²) in [5.74, 6) is 0. The monoisotopic (exact) mass is 527 g/mol. The Morgan fingerprint density at radius 1 is 1.13 bits per heavy atom. The number of imidazole rings is 1. The Bertz CT molecular complexity index is 1440. The van der Waals surface area contributed by atoms with E-state index in [2.05, 4.69) is 81.3 Å². The van der Waals surface area contributed by atoms with E-state index in [1.165, 1.54) is 27.5 Å². The number of hydrogen-bond donors (Lipinski definition) is 3. The van der Waals surface area contributed by atoms with E-state index in [0.29, 0.717) is 5.70 Å². The number of aryl methyl sites for hydroxylation is 1. The van der Waals surface area contributed by atoms with Gasteiger partial charge in [-0.25, -0.2) is 4.98 Å². The molecule has 4 aromatic rings. The summed E-state index contributed by atoms with van der Waals surface area (Å²) in [5, 5.41) is 16.3. The minimum absolute atomic E-state index is 0.335. The van der Waals surface area contributed by atoms with Crippen LogP contribution in [0.1, 0.15) is 53.0 Å². The van der Waals surface area contributed by atoms with Gasteiger partial charge in [0.05, 0.1) is 6.10 Å². The third-order valence-electron chi connectivity index (χ3n) is 7.18. The molecule has 1 unspecified atom stereocenters. The molecule has 0 saturated carbocycles. The standard InChI is InChI=1S/C30H36N4O.C3H9N/c1-20(32-5)23(28(31)29(35)30(2,3)4)11-8-12-26-24-10-7-6-9-21(24)13-15-25(26)22-14-16-27-33-17-18-34(27)19-22;1-3-4-2/h6-7,9-10,13-19,29,35H,8,11-12,31H2,1-5H3;4H,3H2,1-2H3/b28-23-,32-20?;. The van der Waals surface area contributed by atoms with E-state index >= 15 is 0 Å². The largest absolute Gasteiger partial charge is 0.400 e. The summed E-state index contributed by atoms with van der Waals surface area (Å²) in [6.45, 7) is 11.1. The number of allylic oxidation sites excluding steroid dienone is 1. The molecule has 0 aliphatic carbocycles. The van der Waals surface area contributed by atoms with Crippen LogP contribution in [0.15, 0.2) is 83.4 Å². The van der Waals surface area contributed by atoms with Crippen LogP contribution in [0.25, 0.3) is 27.5 Å². The first-order chi connectivity index (χ1) is 18.6. The Balaban J connectivity index is 0.000000983. The number of fused-ring (bicyclic) bond motifs is 2. The average molecular weight is 528 g/mol. The normalized spacial score (nSPS) is 13.7. The van der Waals surface area contributed by atoms with Gasteiger partial charge in [-0.1, -0.05) is 64.1 Å². The number of nitrogens with zero attached hydrogens (tertiary/aromatic N) is 3. The molecule has 0 bridgehead atoms. The van der Waals surface area contributed by atoms with Gasteiger partial charge in [-0.2, -0.15) is 0 Å². The molecule has 208 valence electrons. The Morgan fingerprint density at radius 3 is 2.51 bits per heavy atom. The minimum Gasteiger partial charge on any atom is -0.400 e. The van der Waals surface area contributed by atoms with Gasteiger partial charge in [-0.3, -0.25) is 4.99 Å². The number of benzene rings is 2. The molecular weight excluding hydrogens is 482 g/mol. The number of aromatic nitrogens is 2. The van der Waals surface area contributed by atoms with E-state index in [1.807, 2.05) is 47.1 Å². The third kappa shape index (κ3) is 7.34. The lowest BCUT2D eigenvalue weighted by Gasteiger charge is -2.28. The maximum Gasteiger partial charge on any atom is 0.136 e. The van der Waals surface area contributed by atoms with Crippen LogP contribution in [0.4, 0.5) is 0 Å². The molecule has 0 aliphatic heterocycles. The molecule has 0 aliphatic rings. The van der Waals surface area contributed by atoms with Crippen LogP contribution < -0.4 is 11.1 Å². The summed E-state index contributed by atoms with van der Waals surface area (Å²) in [5.41, 5.74) is 13.2. The van der Waals surface area contributed by atoms with E-state index < -0.39 is 6.10 Å². The van der Waals surface area contributed by atoms with Crippen molar-refractivity contribution in [2.45, 2.75) is 60.0 Å². The van der Waals surface area contributed by atoms with Crippen LogP contribution in [0.2, 0.25) is 0 Å². The molecule has 0 spiro atoms. The number of rotatable bonds is 8. The summed E-state index contributed by atoms with van der Waals surface area (Å²) in [7, 11) is 3.71. The second kappa shape index (κ2) is 13.5. The highest BCUT2D eigenvalue weighted by atomic mass is 16.3. The minimum atomic E-state index is -0.718. The molecule has 1 atom stereocenters. The summed E-state index contributed by atoms with van der Waals surface area (Å²) >= 11 is 0. The molecule has 0 amide bonds. The molecule has 39 heavy (non-hydrogen) atoms. The zero-order chi connectivity index (χ0) is 28.6. The maximum atomic E-state index is 10.8. The average Bonchev–Trinajstić information content (AvgIpc) is 3.42. The zero-order valence-corrected chi connectivity index (χ0v) is 24.6. The third-order valence-corrected chi connectivity index (χ3v) is 7.18. The fourth-order valence-corrected chi connectivity index (χ4v) is 4.70. The van der Waals surface area contributed by atoms with E-state index in [-0.39, 0.29) is 5.41 Å². The second-order valence-corrected chi connectivity index (χ2v) is 11.0. The van der Waals surface area contributed by atoms with Gasteiger partial charge < -0.3 is 20.6 Å². The number of nitrogens with one attached hydrogen (secondary N) is 1. The first-order valence-electron chi connectivity index (χ1n) is 13.8. The van der Waals surface area contributed by atoms with Crippen molar-refractivity contribution in [3.8, 4) is 11.1 Å². The smallest absolute Gasteiger partial charge is 0.136 e. The van der Waals surface area contributed by atoms with Gasteiger partial charge in [-0.15, -0.1) is 0 Å². The SMILES string of the molecule is CCNC.CN=C(C)/C(CCCc1c(-c2ccc3nccn3c2)ccc2ccccc12)=C(\N)C(O)C(C)(C)C. The lowest BCUT2D eigenvalue weighted by atomic mass is 9.84. The van der Waals surface area contributed by atoms with Crippen molar-refractivity contribution in [3.63, 3.8) is 0 Å². The quantitative estimate of drug-likeness (QED) is 0.231. The predicted molar refractivity (Wildman–Crippen MR) is 166 cm³/mol. The van der Waals surface area contributed by atoms with Gasteiger partial charge in [0.2, 0.25) is 0 Å². The predicted octanol–water partition coefficient (Wildman–Crippen LogP) is 6.41. The van der Waals surface area contributed by atoms with Crippen LogP contribution in [0, 0.1) is 5.41 Å². The van der Waals surface area contributed by atoms with Gasteiger partial charge in [-0.05, 0) is 90.4 Å². The molecule has 4 rings (SSSR count).